The molecule has 20 heavy (non-hydrogen) atoms. The highest BCUT2D eigenvalue weighted by molar-refractivity contribution is 7.10. The van der Waals surface area contributed by atoms with E-state index in [1.165, 1.54) is 11.4 Å². The molecule has 1 aromatic rings. The molecular weight excluding hydrogens is 297 g/mol. The molecule has 110 valence electrons. The molecule has 3 N–H and O–H groups in total. The number of carbonyl (C=O) groups excluding carboxylic acids is 2. The summed E-state index contributed by atoms with van der Waals surface area (Å²) in [4.78, 5) is 23.4. The first kappa shape index (κ1) is 14.8. The van der Waals surface area contributed by atoms with Crippen molar-refractivity contribution in [3.05, 3.63) is 22.4 Å². The van der Waals surface area contributed by atoms with Crippen molar-refractivity contribution < 1.29 is 27.9 Å². The van der Waals surface area contributed by atoms with Crippen molar-refractivity contribution >= 4 is 23.2 Å². The molecule has 2 heterocycles. The predicted octanol–water partition coefficient (Wildman–Crippen LogP) is 1.56. The third kappa shape index (κ3) is 2.27. The molecule has 0 spiro atoms. The minimum atomic E-state index is -5.17. The Morgan fingerprint density at radius 1 is 1.50 bits per heavy atom. The van der Waals surface area contributed by atoms with Gasteiger partial charge in [0.15, 0.2) is 0 Å². The van der Waals surface area contributed by atoms with Gasteiger partial charge in [0.1, 0.15) is 5.78 Å². The Bertz CT molecular complexity index is 532. The number of ketones is 1. The maximum absolute atomic E-state index is 13.1. The van der Waals surface area contributed by atoms with Crippen LogP contribution in [-0.4, -0.2) is 28.8 Å². The first-order valence-corrected chi connectivity index (χ1v) is 6.46. The van der Waals surface area contributed by atoms with Crippen LogP contribution in [0.1, 0.15) is 17.8 Å². The van der Waals surface area contributed by atoms with Gasteiger partial charge < -0.3 is 15.7 Å². The van der Waals surface area contributed by atoms with E-state index in [9.17, 15) is 27.9 Å². The van der Waals surface area contributed by atoms with Crippen molar-refractivity contribution in [2.45, 2.75) is 24.9 Å². The van der Waals surface area contributed by atoms with E-state index in [1.807, 2.05) is 0 Å². The molecule has 3 atom stereocenters. The molecule has 2 rings (SSSR count). The number of hydrogen-bond donors (Lipinski definition) is 3. The van der Waals surface area contributed by atoms with Gasteiger partial charge in [0.25, 0.3) is 0 Å². The van der Waals surface area contributed by atoms with E-state index < -0.39 is 35.7 Å². The summed E-state index contributed by atoms with van der Waals surface area (Å²) < 4.78 is 39.2. The molecule has 1 aliphatic heterocycles. The predicted molar refractivity (Wildman–Crippen MR) is 63.9 cm³/mol. The second-order valence-electron chi connectivity index (χ2n) is 4.44. The number of aliphatic hydroxyl groups is 1. The third-order valence-corrected chi connectivity index (χ3v) is 4.05. The fraction of sp³-hybridized carbons (Fsp3) is 0.455. The van der Waals surface area contributed by atoms with Gasteiger partial charge in [-0.05, 0) is 18.4 Å². The highest BCUT2D eigenvalue weighted by atomic mass is 32.1. The van der Waals surface area contributed by atoms with Crippen molar-refractivity contribution in [3.8, 4) is 0 Å². The second kappa shape index (κ2) is 4.74. The maximum atomic E-state index is 13.1. The Hall–Kier alpha value is -1.61. The van der Waals surface area contributed by atoms with Crippen molar-refractivity contribution in [2.75, 3.05) is 0 Å². The van der Waals surface area contributed by atoms with E-state index in [2.05, 4.69) is 5.32 Å². The average Bonchev–Trinajstić information content (AvgIpc) is 2.78. The number of amides is 2. The van der Waals surface area contributed by atoms with Crippen molar-refractivity contribution in [1.29, 1.82) is 0 Å². The van der Waals surface area contributed by atoms with Gasteiger partial charge in [0.2, 0.25) is 5.72 Å². The van der Waals surface area contributed by atoms with Gasteiger partial charge in [0, 0.05) is 4.88 Å². The van der Waals surface area contributed by atoms with Gasteiger partial charge in [-0.1, -0.05) is 6.07 Å². The fourth-order valence-electron chi connectivity index (χ4n) is 2.23. The molecule has 2 amide bonds. The molecule has 1 aromatic heterocycles. The lowest BCUT2D eigenvalue weighted by atomic mass is 9.82. The summed E-state index contributed by atoms with van der Waals surface area (Å²) in [5, 5.41) is 15.1. The Balaban J connectivity index is 2.52. The van der Waals surface area contributed by atoms with Gasteiger partial charge in [-0.2, -0.15) is 13.2 Å². The molecular formula is C11H11F3N2O3S. The first-order chi connectivity index (χ1) is 9.17. The average molecular weight is 308 g/mol. The van der Waals surface area contributed by atoms with E-state index in [4.69, 9.17) is 0 Å². The summed E-state index contributed by atoms with van der Waals surface area (Å²) >= 11 is 1.09. The zero-order valence-corrected chi connectivity index (χ0v) is 11.0. The lowest BCUT2D eigenvalue weighted by Gasteiger charge is -2.44. The van der Waals surface area contributed by atoms with E-state index >= 15 is 0 Å². The Labute approximate surface area is 115 Å². The highest BCUT2D eigenvalue weighted by Crippen LogP contribution is 2.43. The molecule has 1 fully saturated rings. The van der Waals surface area contributed by atoms with E-state index in [0.29, 0.717) is 4.88 Å². The smallest absolute Gasteiger partial charge is 0.363 e. The second-order valence-corrected chi connectivity index (χ2v) is 5.42. The van der Waals surface area contributed by atoms with Crippen LogP contribution < -0.4 is 10.6 Å². The molecule has 5 nitrogen and oxygen atoms in total. The third-order valence-electron chi connectivity index (χ3n) is 3.09. The minimum Gasteiger partial charge on any atom is -0.363 e. The monoisotopic (exact) mass is 308 g/mol. The van der Waals surface area contributed by atoms with Gasteiger partial charge >= 0.3 is 12.2 Å². The van der Waals surface area contributed by atoms with Crippen LogP contribution in [0.4, 0.5) is 18.0 Å². The van der Waals surface area contributed by atoms with Crippen LogP contribution in [0.2, 0.25) is 0 Å². The highest BCUT2D eigenvalue weighted by Gasteiger charge is 2.65. The number of Topliss-reactive ketones (excluding diaryl/α,β-unsaturated/α-hetero) is 1. The number of rotatable bonds is 2. The summed E-state index contributed by atoms with van der Waals surface area (Å²) in [5.74, 6) is -2.74. The number of carbonyl (C=O) groups is 2. The largest absolute Gasteiger partial charge is 0.437 e. The first-order valence-electron chi connectivity index (χ1n) is 5.58. The van der Waals surface area contributed by atoms with E-state index in [1.54, 1.807) is 11.4 Å². The zero-order chi connectivity index (χ0) is 15.1. The Kier molecular flexibility index (Phi) is 3.51. The molecule has 9 heteroatoms. The number of thiophene rings is 1. The summed E-state index contributed by atoms with van der Waals surface area (Å²) in [7, 11) is 0. The van der Waals surface area contributed by atoms with Crippen molar-refractivity contribution in [1.82, 2.24) is 10.6 Å². The SMILES string of the molecule is CC(=O)[C@@H]1[C@H](c2cccs2)NC(=O)N[C@@]1(O)C(F)(F)F. The number of alkyl halides is 3. The quantitative estimate of drug-likeness (QED) is 0.776. The number of halogens is 3. The van der Waals surface area contributed by atoms with Crippen LogP contribution in [0.25, 0.3) is 0 Å². The lowest BCUT2D eigenvalue weighted by molar-refractivity contribution is -0.290. The molecule has 0 radical (unpaired) electrons. The van der Waals surface area contributed by atoms with Crippen LogP contribution in [0, 0.1) is 5.92 Å². The number of hydrogen-bond acceptors (Lipinski definition) is 4. The molecule has 0 aromatic carbocycles. The molecule has 1 aliphatic rings. The summed E-state index contributed by atoms with van der Waals surface area (Å²) in [6, 6.07) is 0.666. The van der Waals surface area contributed by atoms with E-state index in [-0.39, 0.29) is 0 Å². The topological polar surface area (TPSA) is 78.4 Å². The van der Waals surface area contributed by atoms with Gasteiger partial charge in [-0.3, -0.25) is 4.79 Å². The van der Waals surface area contributed by atoms with Crippen molar-refractivity contribution in [3.63, 3.8) is 0 Å². The summed E-state index contributed by atoms with van der Waals surface area (Å²) in [6.45, 7) is 0.946. The molecule has 1 saturated heterocycles. The fourth-order valence-corrected chi connectivity index (χ4v) is 3.05. The number of nitrogens with one attached hydrogen (secondary N) is 2. The molecule has 0 saturated carbocycles. The number of urea groups is 1. The molecule has 0 bridgehead atoms. The Morgan fingerprint density at radius 3 is 2.60 bits per heavy atom. The maximum Gasteiger partial charge on any atom is 0.437 e. The van der Waals surface area contributed by atoms with Crippen LogP contribution >= 0.6 is 11.3 Å². The standard InChI is InChI=1S/C11H11F3N2O3S/c1-5(17)7-8(6-3-2-4-20-6)15-9(18)16-10(7,19)11(12,13)14/h2-4,7-8,19H,1H3,(H2,15,16,18)/t7-,8+,10+/m1/s1. The van der Waals surface area contributed by atoms with Crippen LogP contribution in [0.3, 0.4) is 0 Å². The van der Waals surface area contributed by atoms with Crippen LogP contribution in [0.15, 0.2) is 17.5 Å². The summed E-state index contributed by atoms with van der Waals surface area (Å²) in [5.41, 5.74) is -3.59. The molecule has 0 aliphatic carbocycles. The van der Waals surface area contributed by atoms with Gasteiger partial charge in [0.05, 0.1) is 12.0 Å². The van der Waals surface area contributed by atoms with Gasteiger partial charge in [-0.15, -0.1) is 11.3 Å². The minimum absolute atomic E-state index is 0.364. The van der Waals surface area contributed by atoms with Crippen LogP contribution in [0.5, 0.6) is 0 Å². The summed E-state index contributed by atoms with van der Waals surface area (Å²) in [6.07, 6.45) is -5.17. The van der Waals surface area contributed by atoms with Crippen LogP contribution in [-0.2, 0) is 4.79 Å². The van der Waals surface area contributed by atoms with Crippen molar-refractivity contribution in [2.24, 2.45) is 5.92 Å². The van der Waals surface area contributed by atoms with Gasteiger partial charge in [-0.25, -0.2) is 4.79 Å². The lowest BCUT2D eigenvalue weighted by Crippen LogP contribution is -2.72. The Morgan fingerprint density at radius 2 is 2.15 bits per heavy atom. The zero-order valence-electron chi connectivity index (χ0n) is 10.2. The normalized spacial score (nSPS) is 30.6. The van der Waals surface area contributed by atoms with E-state index in [0.717, 1.165) is 18.3 Å². The molecule has 0 unspecified atom stereocenters.